The van der Waals surface area contributed by atoms with Crippen LogP contribution in [0.15, 0.2) is 24.5 Å². The van der Waals surface area contributed by atoms with Crippen LogP contribution in [0.5, 0.6) is 0 Å². The van der Waals surface area contributed by atoms with Gasteiger partial charge in [0.25, 0.3) is 5.91 Å². The largest absolute Gasteiger partial charge is 0.349 e. The van der Waals surface area contributed by atoms with Crippen LogP contribution >= 0.6 is 0 Å². The first-order chi connectivity index (χ1) is 6.86. The Morgan fingerprint density at radius 3 is 2.57 bits per heavy atom. The first-order valence-corrected chi connectivity index (χ1v) is 5.07. The van der Waals surface area contributed by atoms with E-state index in [1.54, 1.807) is 24.5 Å². The summed E-state index contributed by atoms with van der Waals surface area (Å²) < 4.78 is 0. The fourth-order valence-electron chi connectivity index (χ4n) is 1.84. The number of aromatic nitrogens is 1. The maximum Gasteiger partial charge on any atom is 0.251 e. The topological polar surface area (TPSA) is 42.0 Å². The lowest BCUT2D eigenvalue weighted by Gasteiger charge is -2.11. The first kappa shape index (κ1) is 9.19. The summed E-state index contributed by atoms with van der Waals surface area (Å²) in [6, 6.07) is 3.87. The maximum absolute atomic E-state index is 11.7. The highest BCUT2D eigenvalue weighted by atomic mass is 16.1. The molecule has 0 aliphatic heterocycles. The number of hydrogen-bond donors (Lipinski definition) is 1. The lowest BCUT2D eigenvalue weighted by molar-refractivity contribution is 0.0938. The van der Waals surface area contributed by atoms with E-state index in [0.29, 0.717) is 11.6 Å². The summed E-state index contributed by atoms with van der Waals surface area (Å²) in [6.45, 7) is 0. The Bertz CT molecular complexity index is 304. The predicted molar refractivity (Wildman–Crippen MR) is 54.0 cm³/mol. The highest BCUT2D eigenvalue weighted by Gasteiger charge is 2.17. The molecular formula is C11H14N2O. The molecule has 0 saturated heterocycles. The summed E-state index contributed by atoms with van der Waals surface area (Å²) in [5, 5.41) is 3.03. The van der Waals surface area contributed by atoms with Gasteiger partial charge in [-0.05, 0) is 25.0 Å². The van der Waals surface area contributed by atoms with E-state index >= 15 is 0 Å². The van der Waals surface area contributed by atoms with Gasteiger partial charge in [-0.1, -0.05) is 12.8 Å². The van der Waals surface area contributed by atoms with E-state index in [1.807, 2.05) is 0 Å². The van der Waals surface area contributed by atoms with Crippen molar-refractivity contribution >= 4 is 5.91 Å². The highest BCUT2D eigenvalue weighted by molar-refractivity contribution is 5.94. The number of rotatable bonds is 2. The van der Waals surface area contributed by atoms with Gasteiger partial charge in [0.2, 0.25) is 0 Å². The number of carbonyl (C=O) groups is 1. The predicted octanol–water partition coefficient (Wildman–Crippen LogP) is 1.75. The summed E-state index contributed by atoms with van der Waals surface area (Å²) in [5.74, 6) is 0.0271. The average Bonchev–Trinajstić information content (AvgIpc) is 2.72. The fraction of sp³-hybridized carbons (Fsp3) is 0.455. The van der Waals surface area contributed by atoms with Crippen molar-refractivity contribution in [2.75, 3.05) is 0 Å². The molecule has 3 nitrogen and oxygen atoms in total. The molecule has 1 fully saturated rings. The van der Waals surface area contributed by atoms with E-state index in [9.17, 15) is 4.79 Å². The molecule has 1 saturated carbocycles. The van der Waals surface area contributed by atoms with Gasteiger partial charge in [0.05, 0.1) is 0 Å². The molecule has 0 bridgehead atoms. The molecule has 1 aromatic heterocycles. The van der Waals surface area contributed by atoms with E-state index in [4.69, 9.17) is 0 Å². The van der Waals surface area contributed by atoms with Crippen LogP contribution in [0.2, 0.25) is 0 Å². The normalized spacial score (nSPS) is 16.9. The molecule has 1 aliphatic carbocycles. The van der Waals surface area contributed by atoms with Crippen LogP contribution in [0.3, 0.4) is 0 Å². The number of hydrogen-bond acceptors (Lipinski definition) is 2. The molecule has 0 atom stereocenters. The van der Waals surface area contributed by atoms with Crippen molar-refractivity contribution in [2.45, 2.75) is 31.7 Å². The van der Waals surface area contributed by atoms with Crippen LogP contribution < -0.4 is 5.32 Å². The number of nitrogens with zero attached hydrogens (tertiary/aromatic N) is 1. The van der Waals surface area contributed by atoms with Crippen molar-refractivity contribution in [3.63, 3.8) is 0 Å². The van der Waals surface area contributed by atoms with Crippen molar-refractivity contribution < 1.29 is 4.79 Å². The molecule has 0 radical (unpaired) electrons. The minimum Gasteiger partial charge on any atom is -0.349 e. The van der Waals surface area contributed by atoms with Gasteiger partial charge in [-0.2, -0.15) is 0 Å². The van der Waals surface area contributed by atoms with Gasteiger partial charge in [-0.15, -0.1) is 0 Å². The molecule has 1 heterocycles. The molecule has 1 aromatic rings. The molecule has 0 aromatic carbocycles. The molecule has 1 amide bonds. The third-order valence-electron chi connectivity index (χ3n) is 2.63. The zero-order valence-corrected chi connectivity index (χ0v) is 8.07. The van der Waals surface area contributed by atoms with Crippen LogP contribution in [0.4, 0.5) is 0 Å². The van der Waals surface area contributed by atoms with Crippen LogP contribution in [0, 0.1) is 0 Å². The van der Waals surface area contributed by atoms with Gasteiger partial charge in [-0.3, -0.25) is 9.78 Å². The molecule has 1 N–H and O–H groups in total. The molecule has 1 aliphatic rings. The summed E-state index contributed by atoms with van der Waals surface area (Å²) >= 11 is 0. The van der Waals surface area contributed by atoms with Crippen LogP contribution in [-0.4, -0.2) is 16.9 Å². The van der Waals surface area contributed by atoms with Crippen LogP contribution in [0.1, 0.15) is 36.0 Å². The van der Waals surface area contributed by atoms with Crippen molar-refractivity contribution in [3.05, 3.63) is 30.1 Å². The maximum atomic E-state index is 11.7. The summed E-state index contributed by atoms with van der Waals surface area (Å²) in [5.41, 5.74) is 0.701. The van der Waals surface area contributed by atoms with E-state index in [-0.39, 0.29) is 5.91 Å². The van der Waals surface area contributed by atoms with Crippen molar-refractivity contribution in [3.8, 4) is 0 Å². The Balaban J connectivity index is 1.95. The fourth-order valence-corrected chi connectivity index (χ4v) is 1.84. The Morgan fingerprint density at radius 2 is 1.93 bits per heavy atom. The van der Waals surface area contributed by atoms with Gasteiger partial charge in [-0.25, -0.2) is 0 Å². The zero-order valence-electron chi connectivity index (χ0n) is 8.07. The summed E-state index contributed by atoms with van der Waals surface area (Å²) in [4.78, 5) is 15.5. The van der Waals surface area contributed by atoms with E-state index < -0.39 is 0 Å². The van der Waals surface area contributed by atoms with Gasteiger partial charge < -0.3 is 5.32 Å². The third kappa shape index (κ3) is 2.10. The lowest BCUT2D eigenvalue weighted by Crippen LogP contribution is -2.32. The number of carbonyl (C=O) groups excluding carboxylic acids is 1. The number of nitrogens with one attached hydrogen (secondary N) is 1. The second-order valence-electron chi connectivity index (χ2n) is 3.69. The van der Waals surface area contributed by atoms with Gasteiger partial charge in [0.15, 0.2) is 0 Å². The van der Waals surface area contributed by atoms with Gasteiger partial charge in [0, 0.05) is 24.0 Å². The SMILES string of the molecule is O=C(NC1CCCC1)c1ccncc1. The van der Waals surface area contributed by atoms with Crippen molar-refractivity contribution in [1.29, 1.82) is 0 Å². The Hall–Kier alpha value is -1.38. The monoisotopic (exact) mass is 190 g/mol. The van der Waals surface area contributed by atoms with Crippen molar-refractivity contribution in [2.24, 2.45) is 0 Å². The Kier molecular flexibility index (Phi) is 2.77. The second-order valence-corrected chi connectivity index (χ2v) is 3.69. The molecule has 0 spiro atoms. The summed E-state index contributed by atoms with van der Waals surface area (Å²) in [6.07, 6.45) is 8.00. The molecule has 14 heavy (non-hydrogen) atoms. The van der Waals surface area contributed by atoms with E-state index in [0.717, 1.165) is 12.8 Å². The average molecular weight is 190 g/mol. The molecular weight excluding hydrogens is 176 g/mol. The Morgan fingerprint density at radius 1 is 1.29 bits per heavy atom. The minimum absolute atomic E-state index is 0.0271. The molecule has 3 heteroatoms. The third-order valence-corrected chi connectivity index (χ3v) is 2.63. The smallest absolute Gasteiger partial charge is 0.251 e. The lowest BCUT2D eigenvalue weighted by atomic mass is 10.2. The van der Waals surface area contributed by atoms with E-state index in [1.165, 1.54) is 12.8 Å². The first-order valence-electron chi connectivity index (χ1n) is 5.07. The quantitative estimate of drug-likeness (QED) is 0.772. The Labute approximate surface area is 83.5 Å². The molecule has 2 rings (SSSR count). The van der Waals surface area contributed by atoms with Gasteiger partial charge >= 0.3 is 0 Å². The number of amides is 1. The molecule has 74 valence electrons. The zero-order chi connectivity index (χ0) is 9.80. The van der Waals surface area contributed by atoms with Gasteiger partial charge in [0.1, 0.15) is 0 Å². The van der Waals surface area contributed by atoms with Crippen LogP contribution in [0.25, 0.3) is 0 Å². The molecule has 0 unspecified atom stereocenters. The van der Waals surface area contributed by atoms with Crippen LogP contribution in [-0.2, 0) is 0 Å². The van der Waals surface area contributed by atoms with E-state index in [2.05, 4.69) is 10.3 Å². The number of pyridine rings is 1. The second kappa shape index (κ2) is 4.22. The minimum atomic E-state index is 0.0271. The van der Waals surface area contributed by atoms with Crippen molar-refractivity contribution in [1.82, 2.24) is 10.3 Å². The summed E-state index contributed by atoms with van der Waals surface area (Å²) in [7, 11) is 0. The highest BCUT2D eigenvalue weighted by Crippen LogP contribution is 2.17. The standard InChI is InChI=1S/C11H14N2O/c14-11(9-5-7-12-8-6-9)13-10-3-1-2-4-10/h5-8,10H,1-4H2,(H,13,14).